The number of carbonyl (C=O) groups excluding carboxylic acids is 1. The topological polar surface area (TPSA) is 17.1 Å². The second kappa shape index (κ2) is 3.90. The Hall–Kier alpha value is -1.03. The van der Waals surface area contributed by atoms with Gasteiger partial charge in [-0.3, -0.25) is 4.79 Å². The molecule has 0 aliphatic carbocycles. The molecule has 0 rings (SSSR count). The van der Waals surface area contributed by atoms with Crippen molar-refractivity contribution in [3.05, 3.63) is 12.2 Å². The average Bonchev–Trinajstić information content (AvgIpc) is 1.78. The minimum atomic E-state index is 0.150. The van der Waals surface area contributed by atoms with Crippen molar-refractivity contribution in [2.75, 3.05) is 0 Å². The van der Waals surface area contributed by atoms with Gasteiger partial charge in [0.25, 0.3) is 0 Å². The predicted molar refractivity (Wildman–Crippen MR) is 42.4 cm³/mol. The molecule has 0 N–H and O–H groups in total. The first-order valence-corrected chi connectivity index (χ1v) is 3.19. The zero-order valence-electron chi connectivity index (χ0n) is 6.64. The normalized spacial score (nSPS) is 10.7. The van der Waals surface area contributed by atoms with Crippen LogP contribution in [-0.4, -0.2) is 6.29 Å². The third-order valence-electron chi connectivity index (χ3n) is 0.809. The molecule has 0 aliphatic rings. The van der Waals surface area contributed by atoms with E-state index in [9.17, 15) is 4.79 Å². The number of allylic oxidation sites excluding steroid dienone is 2. The summed E-state index contributed by atoms with van der Waals surface area (Å²) in [6.45, 7) is 6.23. The van der Waals surface area contributed by atoms with Crippen molar-refractivity contribution in [1.29, 1.82) is 0 Å². The monoisotopic (exact) mass is 136 g/mol. The van der Waals surface area contributed by atoms with Crippen molar-refractivity contribution >= 4 is 6.29 Å². The Labute approximate surface area is 62.1 Å². The van der Waals surface area contributed by atoms with Crippen molar-refractivity contribution in [2.45, 2.75) is 20.8 Å². The fourth-order valence-corrected chi connectivity index (χ4v) is 0.374. The smallest absolute Gasteiger partial charge is 0.193 e. The minimum absolute atomic E-state index is 0.150. The quantitative estimate of drug-likeness (QED) is 0.366. The second-order valence-electron chi connectivity index (χ2n) is 3.11. The molecule has 0 unspecified atom stereocenters. The first-order chi connectivity index (χ1) is 4.56. The first-order valence-electron chi connectivity index (χ1n) is 3.19. The van der Waals surface area contributed by atoms with E-state index in [0.29, 0.717) is 6.29 Å². The summed E-state index contributed by atoms with van der Waals surface area (Å²) in [5.41, 5.74) is 0.150. The van der Waals surface area contributed by atoms with Gasteiger partial charge in [0.15, 0.2) is 6.29 Å². The lowest BCUT2D eigenvalue weighted by atomic mass is 9.96. The van der Waals surface area contributed by atoms with E-state index in [1.165, 1.54) is 0 Å². The van der Waals surface area contributed by atoms with E-state index in [-0.39, 0.29) is 5.41 Å². The van der Waals surface area contributed by atoms with Gasteiger partial charge in [0.05, 0.1) is 0 Å². The maximum absolute atomic E-state index is 9.72. The van der Waals surface area contributed by atoms with Crippen LogP contribution in [0.5, 0.6) is 0 Å². The number of aldehydes is 1. The summed E-state index contributed by atoms with van der Waals surface area (Å²) in [7, 11) is 0. The van der Waals surface area contributed by atoms with Gasteiger partial charge in [-0.2, -0.15) is 0 Å². The highest BCUT2D eigenvalue weighted by molar-refractivity contribution is 5.73. The van der Waals surface area contributed by atoms with Crippen LogP contribution >= 0.6 is 0 Å². The molecule has 0 atom stereocenters. The molecule has 0 aromatic carbocycles. The fourth-order valence-electron chi connectivity index (χ4n) is 0.374. The highest BCUT2D eigenvalue weighted by Gasteiger charge is 2.01. The fraction of sp³-hybridized carbons (Fsp3) is 0.444. The van der Waals surface area contributed by atoms with Crippen LogP contribution in [0, 0.1) is 17.3 Å². The molecule has 0 aromatic rings. The summed E-state index contributed by atoms with van der Waals surface area (Å²) in [4.78, 5) is 9.72. The van der Waals surface area contributed by atoms with E-state index < -0.39 is 0 Å². The van der Waals surface area contributed by atoms with Gasteiger partial charge < -0.3 is 0 Å². The van der Waals surface area contributed by atoms with Gasteiger partial charge in [0.2, 0.25) is 0 Å². The van der Waals surface area contributed by atoms with Gasteiger partial charge in [-0.05, 0) is 17.4 Å². The molecule has 0 saturated heterocycles. The Bertz CT molecular complexity index is 183. The molecule has 0 aliphatic heterocycles. The van der Waals surface area contributed by atoms with Gasteiger partial charge in [0, 0.05) is 0 Å². The number of rotatable bonds is 0. The summed E-state index contributed by atoms with van der Waals surface area (Å²) < 4.78 is 0. The van der Waals surface area contributed by atoms with E-state index in [0.717, 1.165) is 0 Å². The van der Waals surface area contributed by atoms with Gasteiger partial charge in [-0.15, -0.1) is 0 Å². The lowest BCUT2D eigenvalue weighted by molar-refractivity contribution is -0.103. The summed E-state index contributed by atoms with van der Waals surface area (Å²) in [6, 6.07) is 0. The molecule has 0 saturated carbocycles. The summed E-state index contributed by atoms with van der Waals surface area (Å²) in [5.74, 6) is 4.90. The lowest BCUT2D eigenvalue weighted by Gasteiger charge is -2.09. The van der Waals surface area contributed by atoms with Crippen molar-refractivity contribution < 1.29 is 4.79 Å². The van der Waals surface area contributed by atoms with Crippen molar-refractivity contribution in [1.82, 2.24) is 0 Å². The summed E-state index contributed by atoms with van der Waals surface area (Å²) in [6.07, 6.45) is 4.25. The third kappa shape index (κ3) is 6.97. The molecule has 0 bridgehead atoms. The van der Waals surface area contributed by atoms with Crippen LogP contribution in [0.1, 0.15) is 20.8 Å². The number of carbonyl (C=O) groups is 1. The van der Waals surface area contributed by atoms with Gasteiger partial charge in [0.1, 0.15) is 0 Å². The van der Waals surface area contributed by atoms with Crippen LogP contribution < -0.4 is 0 Å². The zero-order valence-corrected chi connectivity index (χ0v) is 6.64. The molecule has 0 heterocycles. The molecule has 0 fully saturated rings. The summed E-state index contributed by atoms with van der Waals surface area (Å²) in [5, 5.41) is 0. The van der Waals surface area contributed by atoms with Crippen LogP contribution in [0.2, 0.25) is 0 Å². The van der Waals surface area contributed by atoms with E-state index in [1.807, 2.05) is 6.08 Å². The van der Waals surface area contributed by atoms with E-state index in [4.69, 9.17) is 0 Å². The lowest BCUT2D eigenvalue weighted by Crippen LogP contribution is -1.97. The highest BCUT2D eigenvalue weighted by Crippen LogP contribution is 2.13. The maximum atomic E-state index is 9.72. The van der Waals surface area contributed by atoms with E-state index in [1.54, 1.807) is 6.08 Å². The molecule has 0 amide bonds. The largest absolute Gasteiger partial charge is 0.289 e. The SMILES string of the molecule is CC(C)(C)C=CC#CC=O. The van der Waals surface area contributed by atoms with Crippen LogP contribution in [0.25, 0.3) is 0 Å². The molecular weight excluding hydrogens is 124 g/mol. The standard InChI is InChI=1S/C9H12O/c1-9(2,3)7-5-4-6-8-10/h5,7-8H,1-3H3. The minimum Gasteiger partial charge on any atom is -0.289 e. The van der Waals surface area contributed by atoms with Crippen LogP contribution in [0.3, 0.4) is 0 Å². The molecule has 10 heavy (non-hydrogen) atoms. The van der Waals surface area contributed by atoms with Crippen LogP contribution in [-0.2, 0) is 4.79 Å². The van der Waals surface area contributed by atoms with Crippen LogP contribution in [0.4, 0.5) is 0 Å². The van der Waals surface area contributed by atoms with Gasteiger partial charge in [-0.25, -0.2) is 0 Å². The third-order valence-corrected chi connectivity index (χ3v) is 0.809. The predicted octanol–water partition coefficient (Wildman–Crippen LogP) is 1.79. The van der Waals surface area contributed by atoms with E-state index >= 15 is 0 Å². The zero-order chi connectivity index (χ0) is 8.04. The Kier molecular flexibility index (Phi) is 3.49. The molecule has 54 valence electrons. The molecule has 0 radical (unpaired) electrons. The Morgan fingerprint density at radius 2 is 1.80 bits per heavy atom. The number of hydrogen-bond donors (Lipinski definition) is 0. The molecular formula is C9H12O. The maximum Gasteiger partial charge on any atom is 0.193 e. The first kappa shape index (κ1) is 8.97. The number of hydrogen-bond acceptors (Lipinski definition) is 1. The highest BCUT2D eigenvalue weighted by atomic mass is 16.1. The van der Waals surface area contributed by atoms with Gasteiger partial charge >= 0.3 is 0 Å². The summed E-state index contributed by atoms with van der Waals surface area (Å²) >= 11 is 0. The Morgan fingerprint density at radius 3 is 2.20 bits per heavy atom. The van der Waals surface area contributed by atoms with Crippen molar-refractivity contribution in [3.63, 3.8) is 0 Å². The average molecular weight is 136 g/mol. The Morgan fingerprint density at radius 1 is 1.20 bits per heavy atom. The van der Waals surface area contributed by atoms with Crippen LogP contribution in [0.15, 0.2) is 12.2 Å². The molecule has 0 spiro atoms. The Balaban J connectivity index is 3.89. The second-order valence-corrected chi connectivity index (χ2v) is 3.11. The molecule has 0 aromatic heterocycles. The molecule has 1 heteroatoms. The van der Waals surface area contributed by atoms with E-state index in [2.05, 4.69) is 32.6 Å². The van der Waals surface area contributed by atoms with Crippen molar-refractivity contribution in [3.8, 4) is 11.8 Å². The van der Waals surface area contributed by atoms with Gasteiger partial charge in [-0.1, -0.05) is 32.8 Å². The van der Waals surface area contributed by atoms with Crippen molar-refractivity contribution in [2.24, 2.45) is 5.41 Å². The molecule has 1 nitrogen and oxygen atoms in total.